The molecule has 1 aromatic carbocycles. The Hall–Kier alpha value is -2.68. The molecule has 24 heavy (non-hydrogen) atoms. The second kappa shape index (κ2) is 6.08. The molecule has 1 N–H and O–H groups in total. The van der Waals surface area contributed by atoms with E-state index in [0.29, 0.717) is 16.0 Å². The van der Waals surface area contributed by atoms with Gasteiger partial charge in [0.05, 0.1) is 13.7 Å². The van der Waals surface area contributed by atoms with Gasteiger partial charge in [-0.25, -0.2) is 9.78 Å². The van der Waals surface area contributed by atoms with Crippen LogP contribution in [-0.4, -0.2) is 32.0 Å². The topological polar surface area (TPSA) is 99.0 Å². The van der Waals surface area contributed by atoms with Crippen LogP contribution in [0.2, 0.25) is 0 Å². The van der Waals surface area contributed by atoms with Crippen molar-refractivity contribution >= 4 is 32.9 Å². The number of hydrogen-bond donors (Lipinski definition) is 1. The number of aromatic amines is 1. The van der Waals surface area contributed by atoms with Gasteiger partial charge in [-0.3, -0.25) is 19.1 Å². The van der Waals surface area contributed by atoms with Gasteiger partial charge >= 0.3 is 5.69 Å². The lowest BCUT2D eigenvalue weighted by atomic mass is 10.1. The van der Waals surface area contributed by atoms with Gasteiger partial charge in [0.25, 0.3) is 5.56 Å². The Morgan fingerprint density at radius 3 is 2.58 bits per heavy atom. The van der Waals surface area contributed by atoms with Crippen LogP contribution in [0.5, 0.6) is 5.75 Å². The maximum absolute atomic E-state index is 12.5. The van der Waals surface area contributed by atoms with Gasteiger partial charge in [0.2, 0.25) is 0 Å². The van der Waals surface area contributed by atoms with Gasteiger partial charge in [0.15, 0.2) is 21.7 Å². The second-order valence-electron chi connectivity index (χ2n) is 5.11. The number of carbonyl (C=O) groups excluding carboxylic acids is 1. The molecule has 0 aliphatic carbocycles. The van der Waals surface area contributed by atoms with Crippen LogP contribution in [0.4, 0.5) is 0 Å². The van der Waals surface area contributed by atoms with Crippen LogP contribution >= 0.6 is 15.9 Å². The summed E-state index contributed by atoms with van der Waals surface area (Å²) in [7, 11) is 3.04. The first kappa shape index (κ1) is 16.2. The zero-order chi connectivity index (χ0) is 17.4. The van der Waals surface area contributed by atoms with E-state index in [0.717, 1.165) is 0 Å². The number of ketones is 1. The fourth-order valence-corrected chi connectivity index (χ4v) is 2.83. The van der Waals surface area contributed by atoms with Gasteiger partial charge in [0, 0.05) is 12.6 Å². The number of hydrogen-bond acceptors (Lipinski definition) is 5. The van der Waals surface area contributed by atoms with Crippen molar-refractivity contribution in [3.05, 3.63) is 55.4 Å². The van der Waals surface area contributed by atoms with Crippen LogP contribution < -0.4 is 16.0 Å². The van der Waals surface area contributed by atoms with Crippen LogP contribution in [0.25, 0.3) is 11.2 Å². The molecule has 0 saturated heterocycles. The number of fused-ring (bicyclic) bond motifs is 1. The number of H-pyrrole nitrogens is 1. The highest BCUT2D eigenvalue weighted by Crippen LogP contribution is 2.18. The number of benzene rings is 1. The molecule has 0 fully saturated rings. The van der Waals surface area contributed by atoms with Crippen molar-refractivity contribution in [1.82, 2.24) is 19.1 Å². The summed E-state index contributed by atoms with van der Waals surface area (Å²) >= 11 is 3.24. The molecule has 0 bridgehead atoms. The van der Waals surface area contributed by atoms with E-state index < -0.39 is 11.2 Å². The Balaban J connectivity index is 2.05. The van der Waals surface area contributed by atoms with E-state index >= 15 is 0 Å². The summed E-state index contributed by atoms with van der Waals surface area (Å²) in [6, 6.07) is 6.66. The highest BCUT2D eigenvalue weighted by Gasteiger charge is 2.18. The largest absolute Gasteiger partial charge is 0.497 e. The van der Waals surface area contributed by atoms with Crippen molar-refractivity contribution < 1.29 is 9.53 Å². The number of aromatic nitrogens is 4. The van der Waals surface area contributed by atoms with Crippen LogP contribution in [0.1, 0.15) is 10.4 Å². The number of ether oxygens (including phenoxy) is 1. The van der Waals surface area contributed by atoms with Crippen molar-refractivity contribution in [2.24, 2.45) is 7.05 Å². The molecule has 9 heteroatoms. The van der Waals surface area contributed by atoms with Crippen molar-refractivity contribution in [3.63, 3.8) is 0 Å². The third-order valence-electron chi connectivity index (χ3n) is 3.67. The summed E-state index contributed by atoms with van der Waals surface area (Å²) in [5.74, 6) is 0.443. The molecular formula is C15H13BrN4O4. The lowest BCUT2D eigenvalue weighted by molar-refractivity contribution is 0.0972. The molecule has 0 amide bonds. The molecule has 2 heterocycles. The molecule has 3 aromatic rings. The second-order valence-corrected chi connectivity index (χ2v) is 5.82. The van der Waals surface area contributed by atoms with Crippen molar-refractivity contribution in [2.75, 3.05) is 7.11 Å². The number of Topliss-reactive ketones (excluding diaryl/α,β-unsaturated/α-hetero) is 1. The van der Waals surface area contributed by atoms with Crippen molar-refractivity contribution in [1.29, 1.82) is 0 Å². The minimum absolute atomic E-state index is 0.0926. The molecule has 0 aliphatic heterocycles. The summed E-state index contributed by atoms with van der Waals surface area (Å²) in [5.41, 5.74) is -0.310. The predicted octanol–water partition coefficient (Wildman–Crippen LogP) is 1.08. The molecule has 124 valence electrons. The molecule has 0 atom stereocenters. The molecule has 8 nitrogen and oxygen atoms in total. The molecule has 0 spiro atoms. The monoisotopic (exact) mass is 392 g/mol. The van der Waals surface area contributed by atoms with E-state index in [1.165, 1.54) is 16.2 Å². The fourth-order valence-electron chi connectivity index (χ4n) is 2.36. The van der Waals surface area contributed by atoms with Gasteiger partial charge in [0.1, 0.15) is 5.75 Å². The first-order valence-corrected chi connectivity index (χ1v) is 7.74. The average molecular weight is 393 g/mol. The smallest absolute Gasteiger partial charge is 0.329 e. The molecule has 2 aromatic heterocycles. The number of halogens is 1. The Morgan fingerprint density at radius 2 is 1.96 bits per heavy atom. The van der Waals surface area contributed by atoms with E-state index in [-0.39, 0.29) is 23.5 Å². The van der Waals surface area contributed by atoms with E-state index in [2.05, 4.69) is 25.9 Å². The first-order chi connectivity index (χ1) is 11.4. The predicted molar refractivity (Wildman–Crippen MR) is 90.6 cm³/mol. The molecule has 0 aliphatic rings. The van der Waals surface area contributed by atoms with E-state index in [1.807, 2.05) is 0 Å². The quantitative estimate of drug-likeness (QED) is 0.528. The third-order valence-corrected chi connectivity index (χ3v) is 4.28. The van der Waals surface area contributed by atoms with E-state index in [1.54, 1.807) is 31.4 Å². The van der Waals surface area contributed by atoms with Crippen molar-refractivity contribution in [2.45, 2.75) is 6.54 Å². The van der Waals surface area contributed by atoms with Crippen LogP contribution in [0, 0.1) is 0 Å². The highest BCUT2D eigenvalue weighted by molar-refractivity contribution is 9.10. The number of imidazole rings is 1. The Labute approximate surface area is 143 Å². The maximum atomic E-state index is 12.5. The zero-order valence-corrected chi connectivity index (χ0v) is 14.5. The fraction of sp³-hybridized carbons (Fsp3) is 0.200. The summed E-state index contributed by atoms with van der Waals surface area (Å²) in [6.45, 7) is -0.0926. The van der Waals surface area contributed by atoms with Crippen molar-refractivity contribution in [3.8, 4) is 5.75 Å². The lowest BCUT2D eigenvalue weighted by Gasteiger charge is -2.06. The van der Waals surface area contributed by atoms with E-state index in [9.17, 15) is 14.4 Å². The summed E-state index contributed by atoms with van der Waals surface area (Å²) in [6.07, 6.45) is 0. The minimum Gasteiger partial charge on any atom is -0.497 e. The van der Waals surface area contributed by atoms with Crippen LogP contribution in [-0.2, 0) is 13.6 Å². The maximum Gasteiger partial charge on any atom is 0.329 e. The number of rotatable bonds is 4. The van der Waals surface area contributed by atoms with E-state index in [4.69, 9.17) is 4.74 Å². The Kier molecular flexibility index (Phi) is 4.10. The van der Waals surface area contributed by atoms with Gasteiger partial charge in [-0.05, 0) is 40.2 Å². The Morgan fingerprint density at radius 1 is 1.29 bits per heavy atom. The standard InChI is InChI=1S/C15H13BrN4O4/c1-19-12-11(13(22)18-15(19)23)20(14(16)17-12)7-10(21)8-3-5-9(24-2)6-4-8/h3-6H,7H2,1-2H3,(H,18,22,23). The molecular weight excluding hydrogens is 380 g/mol. The average Bonchev–Trinajstić information content (AvgIpc) is 2.90. The van der Waals surface area contributed by atoms with Gasteiger partial charge in [-0.15, -0.1) is 0 Å². The first-order valence-electron chi connectivity index (χ1n) is 6.94. The number of aryl methyl sites for hydroxylation is 1. The number of methoxy groups -OCH3 is 1. The van der Waals surface area contributed by atoms with Crippen LogP contribution in [0.3, 0.4) is 0 Å². The SMILES string of the molecule is COc1ccc(C(=O)Cn2c(Br)nc3c2c(=O)[nH]c(=O)n3C)cc1. The Bertz CT molecular complexity index is 1050. The van der Waals surface area contributed by atoms with Gasteiger partial charge in [-0.1, -0.05) is 0 Å². The molecule has 0 saturated carbocycles. The zero-order valence-electron chi connectivity index (χ0n) is 12.9. The number of carbonyl (C=O) groups is 1. The molecule has 0 unspecified atom stereocenters. The summed E-state index contributed by atoms with van der Waals surface area (Å²) < 4.78 is 8.01. The minimum atomic E-state index is -0.589. The molecule has 3 rings (SSSR count). The lowest BCUT2D eigenvalue weighted by Crippen LogP contribution is -2.29. The van der Waals surface area contributed by atoms with Gasteiger partial charge in [-0.2, -0.15) is 0 Å². The van der Waals surface area contributed by atoms with Gasteiger partial charge < -0.3 is 9.30 Å². The number of nitrogens with zero attached hydrogens (tertiary/aromatic N) is 3. The third kappa shape index (κ3) is 2.67. The molecule has 0 radical (unpaired) electrons. The van der Waals surface area contributed by atoms with Crippen LogP contribution in [0.15, 0.2) is 38.6 Å². The normalized spacial score (nSPS) is 11.0. The summed E-state index contributed by atoms with van der Waals surface area (Å²) in [4.78, 5) is 42.6. The number of nitrogens with one attached hydrogen (secondary N) is 1. The summed E-state index contributed by atoms with van der Waals surface area (Å²) in [5, 5.41) is 0. The highest BCUT2D eigenvalue weighted by atomic mass is 79.9.